The van der Waals surface area contributed by atoms with E-state index in [1.165, 1.54) is 40.4 Å². The van der Waals surface area contributed by atoms with Crippen LogP contribution in [0.1, 0.15) is 30.4 Å². The second-order valence-electron chi connectivity index (χ2n) is 3.86. The van der Waals surface area contributed by atoms with Crippen molar-refractivity contribution in [1.29, 1.82) is 0 Å². The highest BCUT2D eigenvalue weighted by Gasteiger charge is 2.13. The SMILES string of the molecule is ClCC/C=C1\CCCc2ccc(Br)cc21. The molecule has 15 heavy (non-hydrogen) atoms. The predicted octanol–water partition coefficient (Wildman–Crippen LogP) is 4.80. The Kier molecular flexibility index (Phi) is 3.87. The van der Waals surface area contributed by atoms with E-state index in [-0.39, 0.29) is 0 Å². The summed E-state index contributed by atoms with van der Waals surface area (Å²) >= 11 is 9.26. The van der Waals surface area contributed by atoms with E-state index in [2.05, 4.69) is 40.2 Å². The highest BCUT2D eigenvalue weighted by atomic mass is 79.9. The van der Waals surface area contributed by atoms with Crippen molar-refractivity contribution >= 4 is 33.1 Å². The van der Waals surface area contributed by atoms with E-state index in [0.717, 1.165) is 6.42 Å². The fourth-order valence-electron chi connectivity index (χ4n) is 2.11. The van der Waals surface area contributed by atoms with Crippen molar-refractivity contribution in [2.45, 2.75) is 25.7 Å². The van der Waals surface area contributed by atoms with E-state index in [1.807, 2.05) is 0 Å². The summed E-state index contributed by atoms with van der Waals surface area (Å²) in [6, 6.07) is 6.59. The molecule has 0 saturated heterocycles. The van der Waals surface area contributed by atoms with Gasteiger partial charge in [-0.25, -0.2) is 0 Å². The van der Waals surface area contributed by atoms with Crippen LogP contribution in [-0.2, 0) is 6.42 Å². The van der Waals surface area contributed by atoms with Gasteiger partial charge in [0.25, 0.3) is 0 Å². The molecule has 0 N–H and O–H groups in total. The maximum atomic E-state index is 5.73. The molecule has 1 aromatic rings. The summed E-state index contributed by atoms with van der Waals surface area (Å²) in [6.45, 7) is 0. The van der Waals surface area contributed by atoms with Crippen molar-refractivity contribution in [3.63, 3.8) is 0 Å². The van der Waals surface area contributed by atoms with Gasteiger partial charge in [0.2, 0.25) is 0 Å². The molecule has 0 heterocycles. The summed E-state index contributed by atoms with van der Waals surface area (Å²) in [5.74, 6) is 0.715. The van der Waals surface area contributed by atoms with E-state index in [4.69, 9.17) is 11.6 Å². The number of hydrogen-bond donors (Lipinski definition) is 0. The first-order chi connectivity index (χ1) is 7.31. The van der Waals surface area contributed by atoms with E-state index in [1.54, 1.807) is 0 Å². The minimum atomic E-state index is 0.715. The van der Waals surface area contributed by atoms with Gasteiger partial charge in [-0.2, -0.15) is 0 Å². The highest BCUT2D eigenvalue weighted by Crippen LogP contribution is 2.32. The zero-order valence-corrected chi connectivity index (χ0v) is 10.9. The summed E-state index contributed by atoms with van der Waals surface area (Å²) < 4.78 is 1.17. The number of hydrogen-bond acceptors (Lipinski definition) is 0. The second-order valence-corrected chi connectivity index (χ2v) is 5.16. The van der Waals surface area contributed by atoms with Gasteiger partial charge >= 0.3 is 0 Å². The molecule has 2 heteroatoms. The Labute approximate surface area is 104 Å². The lowest BCUT2D eigenvalue weighted by Crippen LogP contribution is -2.01. The molecule has 1 aliphatic carbocycles. The lowest BCUT2D eigenvalue weighted by Gasteiger charge is -2.19. The van der Waals surface area contributed by atoms with Crippen LogP contribution in [0.4, 0.5) is 0 Å². The zero-order valence-electron chi connectivity index (χ0n) is 8.60. The Hall–Kier alpha value is -0.270. The molecule has 0 spiro atoms. The quantitative estimate of drug-likeness (QED) is 0.685. The molecule has 1 aliphatic rings. The van der Waals surface area contributed by atoms with Gasteiger partial charge in [0.1, 0.15) is 0 Å². The molecular weight excluding hydrogens is 272 g/mol. The van der Waals surface area contributed by atoms with Crippen LogP contribution in [0.15, 0.2) is 28.7 Å². The Balaban J connectivity index is 2.36. The fourth-order valence-corrected chi connectivity index (χ4v) is 2.58. The molecule has 0 saturated carbocycles. The van der Waals surface area contributed by atoms with Crippen molar-refractivity contribution in [1.82, 2.24) is 0 Å². The van der Waals surface area contributed by atoms with Gasteiger partial charge in [-0.1, -0.05) is 28.1 Å². The van der Waals surface area contributed by atoms with E-state index >= 15 is 0 Å². The monoisotopic (exact) mass is 284 g/mol. The maximum absolute atomic E-state index is 5.73. The number of benzene rings is 1. The van der Waals surface area contributed by atoms with Gasteiger partial charge in [0.05, 0.1) is 0 Å². The molecule has 80 valence electrons. The van der Waals surface area contributed by atoms with Crippen LogP contribution in [0.3, 0.4) is 0 Å². The standard InChI is InChI=1S/C13H14BrCl/c14-12-7-6-11-4-1-3-10(5-2-8-15)13(11)9-12/h5-7,9H,1-4,8H2/b10-5+. The molecule has 0 unspecified atom stereocenters. The third-order valence-electron chi connectivity index (χ3n) is 2.81. The largest absolute Gasteiger partial charge is 0.126 e. The van der Waals surface area contributed by atoms with Gasteiger partial charge in [-0.15, -0.1) is 11.6 Å². The van der Waals surface area contributed by atoms with Crippen molar-refractivity contribution in [3.8, 4) is 0 Å². The van der Waals surface area contributed by atoms with Crippen LogP contribution in [0.5, 0.6) is 0 Å². The molecule has 0 amide bonds. The third-order valence-corrected chi connectivity index (χ3v) is 3.52. The van der Waals surface area contributed by atoms with Crippen LogP contribution in [0, 0.1) is 0 Å². The molecule has 2 rings (SSSR count). The van der Waals surface area contributed by atoms with Crippen LogP contribution < -0.4 is 0 Å². The number of fused-ring (bicyclic) bond motifs is 1. The molecule has 0 aliphatic heterocycles. The summed E-state index contributed by atoms with van der Waals surface area (Å²) in [4.78, 5) is 0. The molecule has 0 radical (unpaired) electrons. The van der Waals surface area contributed by atoms with Crippen molar-refractivity contribution in [2.75, 3.05) is 5.88 Å². The minimum Gasteiger partial charge on any atom is -0.126 e. The first-order valence-electron chi connectivity index (χ1n) is 5.35. The second kappa shape index (κ2) is 5.18. The van der Waals surface area contributed by atoms with E-state index in [9.17, 15) is 0 Å². The lowest BCUT2D eigenvalue weighted by molar-refractivity contribution is 0.819. The normalized spacial score (nSPS) is 17.9. The molecule has 0 atom stereocenters. The van der Waals surface area contributed by atoms with Gasteiger partial charge < -0.3 is 0 Å². The van der Waals surface area contributed by atoms with Gasteiger partial charge in [0, 0.05) is 10.4 Å². The average molecular weight is 286 g/mol. The molecule has 0 bridgehead atoms. The van der Waals surface area contributed by atoms with Gasteiger partial charge in [0.15, 0.2) is 0 Å². The topological polar surface area (TPSA) is 0 Å². The molecule has 0 nitrogen and oxygen atoms in total. The first-order valence-corrected chi connectivity index (χ1v) is 6.68. The zero-order chi connectivity index (χ0) is 10.7. The molecule has 0 fully saturated rings. The van der Waals surface area contributed by atoms with Crippen LogP contribution in [0.2, 0.25) is 0 Å². The van der Waals surface area contributed by atoms with E-state index < -0.39 is 0 Å². The summed E-state index contributed by atoms with van der Waals surface area (Å²) in [5, 5.41) is 0. The van der Waals surface area contributed by atoms with Gasteiger partial charge in [-0.05, 0) is 54.5 Å². The van der Waals surface area contributed by atoms with Crippen molar-refractivity contribution in [2.24, 2.45) is 0 Å². The predicted molar refractivity (Wildman–Crippen MR) is 70.4 cm³/mol. The Morgan fingerprint density at radius 1 is 1.33 bits per heavy atom. The first kappa shape index (κ1) is 11.2. The van der Waals surface area contributed by atoms with Gasteiger partial charge in [-0.3, -0.25) is 0 Å². The third kappa shape index (κ3) is 2.64. The van der Waals surface area contributed by atoms with Crippen molar-refractivity contribution < 1.29 is 0 Å². The maximum Gasteiger partial charge on any atom is 0.0258 e. The number of alkyl halides is 1. The Bertz CT molecular complexity index is 382. The number of allylic oxidation sites excluding steroid dienone is 2. The summed E-state index contributed by atoms with van der Waals surface area (Å²) in [5.41, 5.74) is 4.37. The van der Waals surface area contributed by atoms with E-state index in [0.29, 0.717) is 5.88 Å². The smallest absolute Gasteiger partial charge is 0.0258 e. The van der Waals surface area contributed by atoms with Crippen LogP contribution in [0.25, 0.3) is 5.57 Å². The molecule has 0 aromatic heterocycles. The van der Waals surface area contributed by atoms with Crippen molar-refractivity contribution in [3.05, 3.63) is 39.9 Å². The lowest BCUT2D eigenvalue weighted by atomic mass is 9.87. The summed E-state index contributed by atoms with van der Waals surface area (Å²) in [6.07, 6.45) is 6.93. The average Bonchev–Trinajstić information content (AvgIpc) is 2.26. The Morgan fingerprint density at radius 3 is 3.00 bits per heavy atom. The highest BCUT2D eigenvalue weighted by molar-refractivity contribution is 9.10. The fraction of sp³-hybridized carbons (Fsp3) is 0.385. The number of halogens is 2. The number of aryl methyl sites for hydroxylation is 1. The molecule has 1 aromatic carbocycles. The Morgan fingerprint density at radius 2 is 2.20 bits per heavy atom. The summed E-state index contributed by atoms with van der Waals surface area (Å²) in [7, 11) is 0. The van der Waals surface area contributed by atoms with Crippen LogP contribution in [-0.4, -0.2) is 5.88 Å². The number of rotatable bonds is 2. The van der Waals surface area contributed by atoms with Crippen LogP contribution >= 0.6 is 27.5 Å². The molecular formula is C13H14BrCl. The minimum absolute atomic E-state index is 0.715.